The molecule has 7 bridgehead atoms. The third-order valence-electron chi connectivity index (χ3n) is 13.4. The molecule has 0 amide bonds. The zero-order chi connectivity index (χ0) is 35.3. The quantitative estimate of drug-likeness (QED) is 0.267. The van der Waals surface area contributed by atoms with Crippen molar-refractivity contribution >= 4 is 17.9 Å². The van der Waals surface area contributed by atoms with Gasteiger partial charge in [0.15, 0.2) is 5.60 Å². The molecule has 6 fully saturated rings. The lowest BCUT2D eigenvalue weighted by atomic mass is 9.42. The Morgan fingerprint density at radius 2 is 1.63 bits per heavy atom. The Balaban J connectivity index is 1.53. The Morgan fingerprint density at radius 1 is 0.918 bits per heavy atom. The fourth-order valence-corrected chi connectivity index (χ4v) is 12.7. The molecule has 1 saturated heterocycles. The summed E-state index contributed by atoms with van der Waals surface area (Å²) < 4.78 is 43.9. The van der Waals surface area contributed by atoms with Crippen LogP contribution in [0.25, 0.3) is 0 Å². The summed E-state index contributed by atoms with van der Waals surface area (Å²) in [7, 11) is 6.25. The SMILES string of the molecule is CCN1C[C@]2(COC)[C@H](OC(C)=O)C[C@H](OC)C34C1C([C@H](OC)[C@@H]32)[C@@]1(OC(C)=O)[C@@H](O)[C@H](OC)[C@@]2(O)C[C@@H]4[C@@H]1C2OC(=O)c1ccccc1. The van der Waals surface area contributed by atoms with Crippen LogP contribution in [0.4, 0.5) is 0 Å². The molecular formula is C36H49NO12. The van der Waals surface area contributed by atoms with Crippen LogP contribution in [-0.2, 0) is 42.7 Å². The highest BCUT2D eigenvalue weighted by Gasteiger charge is 2.92. The summed E-state index contributed by atoms with van der Waals surface area (Å²) in [5.74, 6) is -4.24. The average molecular weight is 688 g/mol. The van der Waals surface area contributed by atoms with Gasteiger partial charge in [-0.3, -0.25) is 14.5 Å². The maximum atomic E-state index is 13.8. The fraction of sp³-hybridized carbons (Fsp3) is 0.750. The van der Waals surface area contributed by atoms with E-state index in [0.29, 0.717) is 19.5 Å². The minimum absolute atomic E-state index is 0.0534. The highest BCUT2D eigenvalue weighted by molar-refractivity contribution is 5.89. The Morgan fingerprint density at radius 3 is 2.20 bits per heavy atom. The highest BCUT2D eigenvalue weighted by atomic mass is 16.6. The molecule has 6 aliphatic rings. The maximum Gasteiger partial charge on any atom is 0.338 e. The molecule has 1 aromatic carbocycles. The van der Waals surface area contributed by atoms with Gasteiger partial charge in [-0.1, -0.05) is 25.1 Å². The molecule has 49 heavy (non-hydrogen) atoms. The molecular weight excluding hydrogens is 638 g/mol. The number of likely N-dealkylation sites (tertiary alicyclic amines) is 1. The molecule has 0 aromatic heterocycles. The van der Waals surface area contributed by atoms with Crippen molar-refractivity contribution in [2.24, 2.45) is 34.5 Å². The second-order valence-corrected chi connectivity index (χ2v) is 15.0. The molecule has 5 aliphatic carbocycles. The molecule has 13 heteroatoms. The van der Waals surface area contributed by atoms with Gasteiger partial charge in [0.1, 0.15) is 30.0 Å². The topological polar surface area (TPSA) is 160 Å². The summed E-state index contributed by atoms with van der Waals surface area (Å²) in [6, 6.07) is 8.12. The molecule has 5 saturated carbocycles. The molecule has 1 spiro atoms. The summed E-state index contributed by atoms with van der Waals surface area (Å²) in [6.45, 7) is 5.99. The van der Waals surface area contributed by atoms with E-state index in [1.165, 1.54) is 21.0 Å². The molecule has 0 radical (unpaired) electrons. The minimum atomic E-state index is -1.86. The smallest absolute Gasteiger partial charge is 0.338 e. The fourth-order valence-electron chi connectivity index (χ4n) is 12.7. The number of aliphatic hydroxyl groups excluding tert-OH is 1. The van der Waals surface area contributed by atoms with Crippen molar-refractivity contribution in [1.29, 1.82) is 0 Å². The number of fused-ring (bicyclic) bond motifs is 2. The van der Waals surface area contributed by atoms with Crippen LogP contribution in [0.3, 0.4) is 0 Å². The number of benzene rings is 1. The first-order valence-electron chi connectivity index (χ1n) is 17.2. The Bertz CT molecular complexity index is 1480. The third kappa shape index (κ3) is 4.21. The average Bonchev–Trinajstić information content (AvgIpc) is 3.44. The van der Waals surface area contributed by atoms with Crippen LogP contribution in [0.5, 0.6) is 0 Å². The number of methoxy groups -OCH3 is 4. The molecule has 7 rings (SSSR count). The summed E-state index contributed by atoms with van der Waals surface area (Å²) in [6.07, 6.45) is -5.45. The standard InChI is InChI=1S/C36H49NO12/c1-8-37-16-33(17-43-4)22(47-18(2)38)14-23(44-5)35-21-15-34(42)30(48-32(41)20-12-10-9-11-13-20)24(21)36(49-19(3)39,29(40)31(34)46-7)25(28(35)37)26(45-6)27(33)35/h9-13,21-31,40,42H,8,14-17H2,1-7H3/t21-,22-,23+,24-,25?,26+,27-,28?,29+,30?,31+,33+,34-,35?,36-/m1/s1. The van der Waals surface area contributed by atoms with Crippen LogP contribution in [0.1, 0.15) is 44.0 Å². The Labute approximate surface area is 286 Å². The first-order valence-corrected chi connectivity index (χ1v) is 17.2. The molecule has 1 heterocycles. The van der Waals surface area contributed by atoms with Gasteiger partial charge >= 0.3 is 17.9 Å². The molecule has 270 valence electrons. The van der Waals surface area contributed by atoms with Crippen LogP contribution in [-0.4, -0.2) is 135 Å². The summed E-state index contributed by atoms with van der Waals surface area (Å²) >= 11 is 0. The molecule has 2 N–H and O–H groups in total. The Kier molecular flexibility index (Phi) is 8.49. The normalized spacial score (nSPS) is 47.4. The van der Waals surface area contributed by atoms with E-state index < -0.39 is 100 Å². The van der Waals surface area contributed by atoms with Gasteiger partial charge in [0, 0.05) is 89.9 Å². The van der Waals surface area contributed by atoms with Gasteiger partial charge < -0.3 is 43.4 Å². The number of carbonyl (C=O) groups excluding carboxylic acids is 3. The number of hydrogen-bond donors (Lipinski definition) is 2. The van der Waals surface area contributed by atoms with E-state index >= 15 is 0 Å². The lowest BCUT2D eigenvalue weighted by Gasteiger charge is -2.70. The van der Waals surface area contributed by atoms with E-state index in [9.17, 15) is 24.6 Å². The first kappa shape index (κ1) is 34.8. The second kappa shape index (κ2) is 12.0. The van der Waals surface area contributed by atoms with Gasteiger partial charge in [0.2, 0.25) is 0 Å². The predicted octanol–water partition coefficient (Wildman–Crippen LogP) is 1.22. The number of hydrogen-bond acceptors (Lipinski definition) is 13. The largest absolute Gasteiger partial charge is 0.462 e. The van der Waals surface area contributed by atoms with Gasteiger partial charge in [0.25, 0.3) is 0 Å². The van der Waals surface area contributed by atoms with Crippen LogP contribution >= 0.6 is 0 Å². The van der Waals surface area contributed by atoms with Crippen molar-refractivity contribution in [2.45, 2.75) is 87.5 Å². The van der Waals surface area contributed by atoms with Gasteiger partial charge in [0.05, 0.1) is 24.4 Å². The van der Waals surface area contributed by atoms with Crippen molar-refractivity contribution in [3.05, 3.63) is 35.9 Å². The molecule has 1 aromatic rings. The number of aliphatic hydroxyl groups is 2. The maximum absolute atomic E-state index is 13.8. The van der Waals surface area contributed by atoms with E-state index in [-0.39, 0.29) is 24.6 Å². The van der Waals surface area contributed by atoms with Crippen molar-refractivity contribution in [2.75, 3.05) is 48.1 Å². The van der Waals surface area contributed by atoms with Gasteiger partial charge in [-0.25, -0.2) is 4.79 Å². The van der Waals surface area contributed by atoms with Crippen LogP contribution in [0, 0.1) is 34.5 Å². The number of piperidine rings is 1. The van der Waals surface area contributed by atoms with Gasteiger partial charge in [-0.05, 0) is 31.0 Å². The van der Waals surface area contributed by atoms with Crippen LogP contribution in [0.15, 0.2) is 30.3 Å². The minimum Gasteiger partial charge on any atom is -0.462 e. The van der Waals surface area contributed by atoms with E-state index in [1.54, 1.807) is 51.7 Å². The van der Waals surface area contributed by atoms with Crippen molar-refractivity contribution in [1.82, 2.24) is 4.90 Å². The van der Waals surface area contributed by atoms with Crippen LogP contribution in [0.2, 0.25) is 0 Å². The van der Waals surface area contributed by atoms with E-state index in [4.69, 9.17) is 33.2 Å². The Hall–Kier alpha value is -2.65. The summed E-state index contributed by atoms with van der Waals surface area (Å²) in [5.41, 5.74) is -4.92. The second-order valence-electron chi connectivity index (χ2n) is 15.0. The lowest BCUT2D eigenvalue weighted by molar-refractivity contribution is -0.322. The monoisotopic (exact) mass is 687 g/mol. The van der Waals surface area contributed by atoms with Gasteiger partial charge in [-0.2, -0.15) is 0 Å². The summed E-state index contributed by atoms with van der Waals surface area (Å²) in [4.78, 5) is 42.2. The van der Waals surface area contributed by atoms with E-state index in [2.05, 4.69) is 4.90 Å². The summed E-state index contributed by atoms with van der Waals surface area (Å²) in [5, 5.41) is 25.5. The third-order valence-corrected chi connectivity index (χ3v) is 13.4. The highest BCUT2D eigenvalue weighted by Crippen LogP contribution is 2.80. The predicted molar refractivity (Wildman–Crippen MR) is 170 cm³/mol. The van der Waals surface area contributed by atoms with E-state index in [1.807, 2.05) is 6.92 Å². The molecule has 13 nitrogen and oxygen atoms in total. The molecule has 1 aliphatic heterocycles. The lowest BCUT2D eigenvalue weighted by Crippen LogP contribution is -2.81. The van der Waals surface area contributed by atoms with Gasteiger partial charge in [-0.15, -0.1) is 0 Å². The van der Waals surface area contributed by atoms with Crippen molar-refractivity contribution in [3.63, 3.8) is 0 Å². The zero-order valence-corrected chi connectivity index (χ0v) is 29.2. The van der Waals surface area contributed by atoms with Crippen LogP contribution < -0.4 is 0 Å². The number of carbonyl (C=O) groups is 3. The zero-order valence-electron chi connectivity index (χ0n) is 29.2. The molecule has 15 atom stereocenters. The van der Waals surface area contributed by atoms with Crippen molar-refractivity contribution in [3.8, 4) is 0 Å². The molecule has 4 unspecified atom stereocenters. The first-order chi connectivity index (χ1) is 23.4. The number of nitrogens with zero attached hydrogens (tertiary/aromatic N) is 1. The van der Waals surface area contributed by atoms with Crippen molar-refractivity contribution < 1.29 is 57.8 Å². The number of esters is 3. The van der Waals surface area contributed by atoms with E-state index in [0.717, 1.165) is 0 Å². The number of rotatable bonds is 10. The number of ether oxygens (including phenoxy) is 7.